The van der Waals surface area contributed by atoms with Crippen molar-refractivity contribution in [1.29, 1.82) is 0 Å². The third-order valence-corrected chi connectivity index (χ3v) is 6.62. The summed E-state index contributed by atoms with van der Waals surface area (Å²) < 4.78 is 5.59. The van der Waals surface area contributed by atoms with Crippen molar-refractivity contribution in [3.05, 3.63) is 53.7 Å². The molecule has 1 amide bonds. The van der Waals surface area contributed by atoms with Crippen LogP contribution in [0, 0.1) is 0 Å². The summed E-state index contributed by atoms with van der Waals surface area (Å²) in [5.74, 6) is 1.53. The molecule has 36 heavy (non-hydrogen) atoms. The Balaban J connectivity index is 1.30. The highest BCUT2D eigenvalue weighted by Gasteiger charge is 2.25. The molecule has 0 saturated carbocycles. The summed E-state index contributed by atoms with van der Waals surface area (Å²) in [5.41, 5.74) is 3.58. The van der Waals surface area contributed by atoms with E-state index in [9.17, 15) is 4.79 Å². The maximum Gasteiger partial charge on any atom is 0.265 e. The number of carbonyl (C=O) groups excluding carboxylic acids is 1. The van der Waals surface area contributed by atoms with Crippen LogP contribution < -0.4 is 25.2 Å². The fourth-order valence-electron chi connectivity index (χ4n) is 4.35. The van der Waals surface area contributed by atoms with Gasteiger partial charge in [0.05, 0.1) is 11.9 Å². The molecule has 0 atom stereocenters. The Morgan fingerprint density at radius 3 is 2.53 bits per heavy atom. The van der Waals surface area contributed by atoms with Crippen molar-refractivity contribution in [3.8, 4) is 5.75 Å². The zero-order valence-corrected chi connectivity index (χ0v) is 21.3. The van der Waals surface area contributed by atoms with E-state index in [1.807, 2.05) is 37.3 Å². The van der Waals surface area contributed by atoms with Gasteiger partial charge in [0.1, 0.15) is 10.8 Å². The highest BCUT2D eigenvalue weighted by Crippen LogP contribution is 2.36. The number of anilines is 6. The number of carbonyl (C=O) groups is 1. The number of ether oxygens (including phenoxy) is 1. The van der Waals surface area contributed by atoms with E-state index >= 15 is 0 Å². The average molecular weight is 508 g/mol. The number of benzene rings is 2. The van der Waals surface area contributed by atoms with E-state index in [0.717, 1.165) is 49.7 Å². The molecule has 0 spiro atoms. The lowest BCUT2D eigenvalue weighted by Gasteiger charge is -2.34. The predicted molar refractivity (Wildman–Crippen MR) is 144 cm³/mol. The van der Waals surface area contributed by atoms with Gasteiger partial charge in [-0.3, -0.25) is 4.79 Å². The Bertz CT molecular complexity index is 1230. The fraction of sp³-hybridized carbons (Fsp3) is 0.346. The molecule has 1 aromatic heterocycles. The van der Waals surface area contributed by atoms with E-state index in [4.69, 9.17) is 16.3 Å². The molecule has 1 saturated heterocycles. The molecular weight excluding hydrogens is 478 g/mol. The number of fused-ring (bicyclic) bond motifs is 1. The molecule has 1 fully saturated rings. The third-order valence-electron chi connectivity index (χ3n) is 6.35. The highest BCUT2D eigenvalue weighted by molar-refractivity contribution is 6.32. The average Bonchev–Trinajstić information content (AvgIpc) is 2.89. The Hall–Kier alpha value is -3.56. The van der Waals surface area contributed by atoms with Crippen LogP contribution in [0.5, 0.6) is 5.75 Å². The van der Waals surface area contributed by atoms with Crippen molar-refractivity contribution in [2.75, 3.05) is 66.8 Å². The van der Waals surface area contributed by atoms with E-state index in [0.29, 0.717) is 29.1 Å². The zero-order chi connectivity index (χ0) is 25.1. The second kappa shape index (κ2) is 10.6. The second-order valence-corrected chi connectivity index (χ2v) is 9.40. The van der Waals surface area contributed by atoms with E-state index in [1.54, 1.807) is 11.1 Å². The van der Waals surface area contributed by atoms with Crippen LogP contribution in [0.3, 0.4) is 0 Å². The van der Waals surface area contributed by atoms with Crippen molar-refractivity contribution in [1.82, 2.24) is 14.9 Å². The van der Waals surface area contributed by atoms with Crippen molar-refractivity contribution < 1.29 is 9.53 Å². The minimum Gasteiger partial charge on any atom is -0.482 e. The van der Waals surface area contributed by atoms with E-state index in [-0.39, 0.29) is 12.5 Å². The van der Waals surface area contributed by atoms with Gasteiger partial charge >= 0.3 is 0 Å². The minimum atomic E-state index is -0.0494. The number of halogens is 1. The molecule has 2 aromatic carbocycles. The van der Waals surface area contributed by atoms with Crippen LogP contribution in [0.15, 0.2) is 48.7 Å². The van der Waals surface area contributed by atoms with Crippen molar-refractivity contribution in [3.63, 3.8) is 0 Å². The molecule has 3 aromatic rings. The Kier molecular flexibility index (Phi) is 7.11. The van der Waals surface area contributed by atoms with Crippen LogP contribution in [0.25, 0.3) is 0 Å². The number of piperazine rings is 1. The lowest BCUT2D eigenvalue weighted by molar-refractivity contribution is -0.121. The minimum absolute atomic E-state index is 0.0494. The Labute approximate surface area is 216 Å². The quantitative estimate of drug-likeness (QED) is 0.483. The first-order valence-electron chi connectivity index (χ1n) is 12.2. The summed E-state index contributed by atoms with van der Waals surface area (Å²) in [4.78, 5) is 27.7. The van der Waals surface area contributed by atoms with Crippen LogP contribution in [-0.2, 0) is 4.79 Å². The molecule has 10 heteroatoms. The summed E-state index contributed by atoms with van der Waals surface area (Å²) in [7, 11) is 2.15. The predicted octanol–water partition coefficient (Wildman–Crippen LogP) is 4.50. The maximum absolute atomic E-state index is 12.3. The van der Waals surface area contributed by atoms with Crippen molar-refractivity contribution in [2.45, 2.75) is 13.3 Å². The standard InChI is InChI=1S/C26H30ClN7O2/c1-3-10-34-22-15-19(6-9-23(22)36-17-24(34)35)29-25-21(27)16-28-26(31-25)30-18-4-7-20(8-5-18)33-13-11-32(2)12-14-33/h4-9,15-16H,3,10-14,17H2,1-2H3,(H2,28,29,30,31). The number of hydrogen-bond acceptors (Lipinski definition) is 8. The molecule has 9 nitrogen and oxygen atoms in total. The lowest BCUT2D eigenvalue weighted by Crippen LogP contribution is -2.44. The molecule has 2 N–H and O–H groups in total. The molecule has 0 bridgehead atoms. The number of aromatic nitrogens is 2. The van der Waals surface area contributed by atoms with Crippen molar-refractivity contribution in [2.24, 2.45) is 0 Å². The fourth-order valence-corrected chi connectivity index (χ4v) is 4.49. The van der Waals surface area contributed by atoms with Crippen LogP contribution >= 0.6 is 11.6 Å². The monoisotopic (exact) mass is 507 g/mol. The topological polar surface area (TPSA) is 85.9 Å². The summed E-state index contributed by atoms with van der Waals surface area (Å²) in [6.07, 6.45) is 2.41. The zero-order valence-electron chi connectivity index (χ0n) is 20.5. The number of hydrogen-bond donors (Lipinski definition) is 2. The molecule has 188 valence electrons. The lowest BCUT2D eigenvalue weighted by atomic mass is 10.2. The SMILES string of the molecule is CCCN1C(=O)COc2ccc(Nc3nc(Nc4ccc(N5CCN(C)CC5)cc4)ncc3Cl)cc21. The largest absolute Gasteiger partial charge is 0.482 e. The van der Waals surface area contributed by atoms with Gasteiger partial charge in [0.25, 0.3) is 5.91 Å². The first-order valence-corrected chi connectivity index (χ1v) is 12.6. The summed E-state index contributed by atoms with van der Waals surface area (Å²) in [6.45, 7) is 6.92. The maximum atomic E-state index is 12.3. The van der Waals surface area contributed by atoms with Crippen LogP contribution in [-0.4, -0.2) is 67.2 Å². The van der Waals surface area contributed by atoms with E-state index < -0.39 is 0 Å². The van der Waals surface area contributed by atoms with Gasteiger partial charge in [-0.2, -0.15) is 4.98 Å². The van der Waals surface area contributed by atoms with Gasteiger partial charge < -0.3 is 30.1 Å². The summed E-state index contributed by atoms with van der Waals surface area (Å²) in [6, 6.07) is 13.9. The van der Waals surface area contributed by atoms with Crippen LogP contribution in [0.4, 0.5) is 34.5 Å². The molecule has 3 heterocycles. The first-order chi connectivity index (χ1) is 17.5. The smallest absolute Gasteiger partial charge is 0.265 e. The molecule has 0 aliphatic carbocycles. The van der Waals surface area contributed by atoms with Gasteiger partial charge in [-0.15, -0.1) is 0 Å². The van der Waals surface area contributed by atoms with Gasteiger partial charge in [-0.1, -0.05) is 18.5 Å². The van der Waals surface area contributed by atoms with Crippen LogP contribution in [0.2, 0.25) is 5.02 Å². The van der Waals surface area contributed by atoms with Crippen molar-refractivity contribution >= 4 is 52.0 Å². The van der Waals surface area contributed by atoms with Gasteiger partial charge in [0, 0.05) is 49.8 Å². The second-order valence-electron chi connectivity index (χ2n) is 8.99. The van der Waals surface area contributed by atoms with E-state index in [2.05, 4.69) is 49.6 Å². The number of rotatable bonds is 7. The summed E-state index contributed by atoms with van der Waals surface area (Å²) >= 11 is 6.40. The highest BCUT2D eigenvalue weighted by atomic mass is 35.5. The molecule has 2 aliphatic rings. The molecular formula is C26H30ClN7O2. The van der Waals surface area contributed by atoms with Gasteiger partial charge in [-0.25, -0.2) is 4.98 Å². The van der Waals surface area contributed by atoms with Gasteiger partial charge in [0.15, 0.2) is 12.4 Å². The Morgan fingerprint density at radius 1 is 1.03 bits per heavy atom. The Morgan fingerprint density at radius 2 is 1.78 bits per heavy atom. The number of likely N-dealkylation sites (N-methyl/N-ethyl adjacent to an activating group) is 1. The summed E-state index contributed by atoms with van der Waals surface area (Å²) in [5, 5.41) is 6.90. The molecule has 0 unspecified atom stereocenters. The number of nitrogens with one attached hydrogen (secondary N) is 2. The van der Waals surface area contributed by atoms with E-state index in [1.165, 1.54) is 5.69 Å². The third kappa shape index (κ3) is 5.32. The normalized spacial score (nSPS) is 15.9. The first kappa shape index (κ1) is 24.1. The molecule has 0 radical (unpaired) electrons. The number of amides is 1. The van der Waals surface area contributed by atoms with Gasteiger partial charge in [0.2, 0.25) is 5.95 Å². The van der Waals surface area contributed by atoms with Gasteiger partial charge in [-0.05, 0) is 55.9 Å². The molecule has 2 aliphatic heterocycles. The molecule has 5 rings (SSSR count). The number of nitrogens with zero attached hydrogens (tertiary/aromatic N) is 5. The van der Waals surface area contributed by atoms with Crippen LogP contribution in [0.1, 0.15) is 13.3 Å².